The molecule has 1 N–H and O–H groups in total. The van der Waals surface area contributed by atoms with E-state index in [1.54, 1.807) is 0 Å². The number of hydrogen-bond acceptors (Lipinski definition) is 5. The molecular weight excluding hydrogens is 246 g/mol. The van der Waals surface area contributed by atoms with Crippen LogP contribution in [0.25, 0.3) is 0 Å². The number of hydrogen-bond donors (Lipinski definition) is 1. The van der Waals surface area contributed by atoms with Crippen LogP contribution in [0.5, 0.6) is 0 Å². The smallest absolute Gasteiger partial charge is 0.107 e. The molecular formula is C13H23N3OS. The lowest BCUT2D eigenvalue weighted by atomic mass is 10.4. The van der Waals surface area contributed by atoms with Crippen LogP contribution in [-0.4, -0.2) is 59.2 Å². The summed E-state index contributed by atoms with van der Waals surface area (Å²) in [5.41, 5.74) is 1.17. The van der Waals surface area contributed by atoms with E-state index in [4.69, 9.17) is 5.11 Å². The maximum atomic E-state index is 8.98. The van der Waals surface area contributed by atoms with Crippen molar-refractivity contribution >= 4 is 11.3 Å². The Balaban J connectivity index is 1.86. The third kappa shape index (κ3) is 3.75. The van der Waals surface area contributed by atoms with Gasteiger partial charge in [0.05, 0.1) is 18.8 Å². The van der Waals surface area contributed by atoms with Gasteiger partial charge in [0, 0.05) is 24.5 Å². The molecule has 0 atom stereocenters. The van der Waals surface area contributed by atoms with Crippen molar-refractivity contribution in [3.05, 3.63) is 15.6 Å². The molecule has 0 aromatic carbocycles. The van der Waals surface area contributed by atoms with E-state index in [1.165, 1.54) is 22.0 Å². The zero-order valence-electron chi connectivity index (χ0n) is 11.4. The minimum absolute atomic E-state index is 0.269. The number of nitrogens with zero attached hydrogens (tertiary/aromatic N) is 3. The van der Waals surface area contributed by atoms with Crippen LogP contribution in [0.15, 0.2) is 0 Å². The number of β-amino-alcohol motifs (C(OH)–C–C–N with tert-alkyl or cyclic N) is 1. The van der Waals surface area contributed by atoms with E-state index >= 15 is 0 Å². The minimum Gasteiger partial charge on any atom is -0.395 e. The molecule has 102 valence electrons. The molecule has 0 spiro atoms. The van der Waals surface area contributed by atoms with Gasteiger partial charge in [0.2, 0.25) is 0 Å². The number of rotatable bonds is 4. The van der Waals surface area contributed by atoms with Gasteiger partial charge >= 0.3 is 0 Å². The van der Waals surface area contributed by atoms with E-state index in [0.29, 0.717) is 0 Å². The van der Waals surface area contributed by atoms with Crippen molar-refractivity contribution in [2.24, 2.45) is 0 Å². The molecule has 1 saturated heterocycles. The molecule has 5 heteroatoms. The van der Waals surface area contributed by atoms with Gasteiger partial charge in [-0.3, -0.25) is 9.80 Å². The number of aliphatic hydroxyl groups is 1. The van der Waals surface area contributed by atoms with Crippen LogP contribution in [0.3, 0.4) is 0 Å². The molecule has 18 heavy (non-hydrogen) atoms. The van der Waals surface area contributed by atoms with Crippen molar-refractivity contribution in [3.63, 3.8) is 0 Å². The topological polar surface area (TPSA) is 39.6 Å². The van der Waals surface area contributed by atoms with E-state index in [-0.39, 0.29) is 6.61 Å². The molecule has 1 aromatic rings. The summed E-state index contributed by atoms with van der Waals surface area (Å²) in [5, 5.41) is 10.2. The monoisotopic (exact) mass is 269 g/mol. The van der Waals surface area contributed by atoms with Crippen molar-refractivity contribution in [1.82, 2.24) is 14.8 Å². The van der Waals surface area contributed by atoms with Crippen LogP contribution in [0, 0.1) is 13.8 Å². The van der Waals surface area contributed by atoms with Crippen LogP contribution >= 0.6 is 11.3 Å². The molecule has 0 aliphatic carbocycles. The zero-order chi connectivity index (χ0) is 13.0. The first-order chi connectivity index (χ1) is 8.69. The predicted molar refractivity (Wildman–Crippen MR) is 75.0 cm³/mol. The van der Waals surface area contributed by atoms with Crippen molar-refractivity contribution in [2.45, 2.75) is 26.8 Å². The highest BCUT2D eigenvalue weighted by Crippen LogP contribution is 2.18. The summed E-state index contributed by atoms with van der Waals surface area (Å²) < 4.78 is 0. The van der Waals surface area contributed by atoms with E-state index in [1.807, 2.05) is 11.3 Å². The molecule has 0 bridgehead atoms. The third-order valence-electron chi connectivity index (χ3n) is 3.53. The maximum absolute atomic E-state index is 8.98. The lowest BCUT2D eigenvalue weighted by molar-refractivity contribution is 0.196. The molecule has 1 aliphatic heterocycles. The average Bonchev–Trinajstić information content (AvgIpc) is 2.53. The van der Waals surface area contributed by atoms with Crippen LogP contribution < -0.4 is 0 Å². The van der Waals surface area contributed by atoms with Gasteiger partial charge in [0.15, 0.2) is 0 Å². The summed E-state index contributed by atoms with van der Waals surface area (Å²) in [4.78, 5) is 10.8. The standard InChI is InChI=1S/C13H23N3OS/c1-11-12(2)18-13(14-11)10-16-5-3-4-15(6-7-16)8-9-17/h17H,3-10H2,1-2H3. The Bertz CT molecular complexity index is 361. The highest BCUT2D eigenvalue weighted by Gasteiger charge is 2.16. The Kier molecular flexibility index (Phi) is 5.12. The van der Waals surface area contributed by atoms with Crippen molar-refractivity contribution in [1.29, 1.82) is 0 Å². The van der Waals surface area contributed by atoms with Crippen molar-refractivity contribution in [3.8, 4) is 0 Å². The average molecular weight is 269 g/mol. The Hall–Kier alpha value is -0.490. The fraction of sp³-hybridized carbons (Fsp3) is 0.769. The first-order valence-corrected chi connectivity index (χ1v) is 7.49. The summed E-state index contributed by atoms with van der Waals surface area (Å²) in [6, 6.07) is 0. The molecule has 0 radical (unpaired) electrons. The second-order valence-electron chi connectivity index (χ2n) is 4.94. The van der Waals surface area contributed by atoms with Gasteiger partial charge in [0.1, 0.15) is 5.01 Å². The number of aromatic nitrogens is 1. The molecule has 0 amide bonds. The second-order valence-corrected chi connectivity index (χ2v) is 6.23. The van der Waals surface area contributed by atoms with Crippen LogP contribution in [0.1, 0.15) is 22.0 Å². The normalized spacial score (nSPS) is 19.1. The molecule has 1 fully saturated rings. The summed E-state index contributed by atoms with van der Waals surface area (Å²) in [7, 11) is 0. The fourth-order valence-electron chi connectivity index (χ4n) is 2.35. The van der Waals surface area contributed by atoms with E-state index in [9.17, 15) is 0 Å². The lowest BCUT2D eigenvalue weighted by Crippen LogP contribution is -2.32. The van der Waals surface area contributed by atoms with Crippen LogP contribution in [0.4, 0.5) is 0 Å². The molecule has 2 heterocycles. The second kappa shape index (κ2) is 6.61. The van der Waals surface area contributed by atoms with Crippen LogP contribution in [0.2, 0.25) is 0 Å². The Morgan fingerprint density at radius 2 is 1.89 bits per heavy atom. The largest absolute Gasteiger partial charge is 0.395 e. The number of thiazole rings is 1. The quantitative estimate of drug-likeness (QED) is 0.893. The molecule has 2 rings (SSSR count). The summed E-state index contributed by atoms with van der Waals surface area (Å²) in [5.74, 6) is 0. The highest BCUT2D eigenvalue weighted by atomic mass is 32.1. The summed E-state index contributed by atoms with van der Waals surface area (Å²) >= 11 is 1.82. The van der Waals surface area contributed by atoms with Gasteiger partial charge in [-0.1, -0.05) is 0 Å². The van der Waals surface area contributed by atoms with E-state index in [2.05, 4.69) is 28.6 Å². The predicted octanol–water partition coefficient (Wildman–Crippen LogP) is 1.26. The molecule has 0 saturated carbocycles. The summed E-state index contributed by atoms with van der Waals surface area (Å²) in [6.07, 6.45) is 1.18. The Morgan fingerprint density at radius 3 is 2.56 bits per heavy atom. The SMILES string of the molecule is Cc1nc(CN2CCCN(CCO)CC2)sc1C. The van der Waals surface area contributed by atoms with Gasteiger partial charge in [-0.15, -0.1) is 11.3 Å². The van der Waals surface area contributed by atoms with E-state index < -0.39 is 0 Å². The first kappa shape index (κ1) is 13.9. The molecule has 0 unspecified atom stereocenters. The Morgan fingerprint density at radius 1 is 1.17 bits per heavy atom. The van der Waals surface area contributed by atoms with Gasteiger partial charge < -0.3 is 5.11 Å². The molecule has 1 aromatic heterocycles. The van der Waals surface area contributed by atoms with Gasteiger partial charge in [-0.25, -0.2) is 4.98 Å². The van der Waals surface area contributed by atoms with Crippen LogP contribution in [-0.2, 0) is 6.54 Å². The van der Waals surface area contributed by atoms with Crippen molar-refractivity contribution < 1.29 is 5.11 Å². The molecule has 1 aliphatic rings. The van der Waals surface area contributed by atoms with Gasteiger partial charge in [0.25, 0.3) is 0 Å². The number of aliphatic hydroxyl groups excluding tert-OH is 1. The fourth-order valence-corrected chi connectivity index (χ4v) is 3.32. The molecule has 4 nitrogen and oxygen atoms in total. The van der Waals surface area contributed by atoms with Gasteiger partial charge in [-0.05, 0) is 33.4 Å². The maximum Gasteiger partial charge on any atom is 0.107 e. The van der Waals surface area contributed by atoms with Gasteiger partial charge in [-0.2, -0.15) is 0 Å². The minimum atomic E-state index is 0.269. The zero-order valence-corrected chi connectivity index (χ0v) is 12.2. The lowest BCUT2D eigenvalue weighted by Gasteiger charge is -2.20. The third-order valence-corrected chi connectivity index (χ3v) is 4.59. The first-order valence-electron chi connectivity index (χ1n) is 6.67. The Labute approximate surface area is 113 Å². The van der Waals surface area contributed by atoms with E-state index in [0.717, 1.165) is 39.3 Å². The highest BCUT2D eigenvalue weighted by molar-refractivity contribution is 7.11. The summed E-state index contributed by atoms with van der Waals surface area (Å²) in [6.45, 7) is 10.7. The number of aryl methyl sites for hydroxylation is 2. The van der Waals surface area contributed by atoms with Crippen molar-refractivity contribution in [2.75, 3.05) is 39.3 Å².